The monoisotopic (exact) mass is 660 g/mol. The van der Waals surface area contributed by atoms with Gasteiger partial charge in [-0.05, 0) is 70.6 Å². The van der Waals surface area contributed by atoms with Gasteiger partial charge in [0, 0.05) is 12.8 Å². The Morgan fingerprint density at radius 2 is 1.21 bits per heavy atom. The first-order valence-electron chi connectivity index (χ1n) is 18.0. The molecule has 0 fully saturated rings. The molecule has 9 heteroatoms. The van der Waals surface area contributed by atoms with E-state index in [0.717, 1.165) is 89.9 Å². The highest BCUT2D eigenvalue weighted by atomic mass is 16.5. The summed E-state index contributed by atoms with van der Waals surface area (Å²) < 4.78 is 5.80. The van der Waals surface area contributed by atoms with Crippen molar-refractivity contribution in [2.45, 2.75) is 154 Å². The topological polar surface area (TPSA) is 142 Å². The standard InChI is InChI=1S/C38H64N2O7/c1-3-5-7-8-9-10-11-12-13-14-15-16-17-18-19-20-21-22-26-30-37(44)47-33(27-6-4-2)28-24-23-25-29-35(42)39-31-36(43)40-34(32-41)38(45)46/h5,7,9-10,12-13,15-16,33-34,41H,3-4,6,8,11,14,17-32H2,1-2H3,(H,39,42)(H,40,43)(H,45,46)/b7-5-,10-9-,13-12-,16-15-. The molecule has 2 unspecified atom stereocenters. The quantitative estimate of drug-likeness (QED) is 0.0340. The molecule has 0 aromatic rings. The smallest absolute Gasteiger partial charge is 0.328 e. The van der Waals surface area contributed by atoms with Crippen LogP contribution in [0.5, 0.6) is 0 Å². The molecule has 0 aliphatic rings. The van der Waals surface area contributed by atoms with E-state index in [0.29, 0.717) is 12.8 Å². The summed E-state index contributed by atoms with van der Waals surface area (Å²) in [5.74, 6) is -2.43. The van der Waals surface area contributed by atoms with Crippen LogP contribution in [0.25, 0.3) is 0 Å². The molecule has 268 valence electrons. The molecule has 0 aromatic carbocycles. The first-order valence-corrected chi connectivity index (χ1v) is 18.0. The van der Waals surface area contributed by atoms with Crippen LogP contribution in [-0.4, -0.2) is 59.3 Å². The summed E-state index contributed by atoms with van der Waals surface area (Å²) in [6, 6.07) is -1.39. The molecule has 0 bridgehead atoms. The second kappa shape index (κ2) is 32.7. The number of unbranched alkanes of at least 4 members (excludes halogenated alkanes) is 9. The minimum Gasteiger partial charge on any atom is -0.480 e. The summed E-state index contributed by atoms with van der Waals surface area (Å²) in [5.41, 5.74) is 0. The number of nitrogens with one attached hydrogen (secondary N) is 2. The lowest BCUT2D eigenvalue weighted by Gasteiger charge is -2.18. The van der Waals surface area contributed by atoms with Gasteiger partial charge < -0.3 is 25.6 Å². The van der Waals surface area contributed by atoms with Crippen molar-refractivity contribution < 1.29 is 34.1 Å². The number of aliphatic carboxylic acids is 1. The SMILES string of the molecule is CC/C=C\C/C=C\C/C=C\C/C=C\CCCCCCCCC(=O)OC(CCCC)CCCCCC(=O)NCC(=O)NC(CO)C(=O)O. The zero-order valence-electron chi connectivity index (χ0n) is 29.3. The van der Waals surface area contributed by atoms with Gasteiger partial charge in [0.05, 0.1) is 13.2 Å². The first kappa shape index (κ1) is 43.8. The molecule has 2 atom stereocenters. The van der Waals surface area contributed by atoms with Crippen molar-refractivity contribution in [3.05, 3.63) is 48.6 Å². The molecule has 0 saturated carbocycles. The molecule has 0 aliphatic carbocycles. The van der Waals surface area contributed by atoms with Gasteiger partial charge in [-0.2, -0.15) is 0 Å². The molecule has 0 aliphatic heterocycles. The van der Waals surface area contributed by atoms with Gasteiger partial charge in [-0.1, -0.05) is 107 Å². The molecule has 9 nitrogen and oxygen atoms in total. The highest BCUT2D eigenvalue weighted by Crippen LogP contribution is 2.16. The van der Waals surface area contributed by atoms with Crippen LogP contribution >= 0.6 is 0 Å². The summed E-state index contributed by atoms with van der Waals surface area (Å²) in [7, 11) is 0. The zero-order chi connectivity index (χ0) is 34.8. The first-order chi connectivity index (χ1) is 22.8. The van der Waals surface area contributed by atoms with Crippen molar-refractivity contribution in [3.63, 3.8) is 0 Å². The van der Waals surface area contributed by atoms with Crippen LogP contribution in [0.4, 0.5) is 0 Å². The lowest BCUT2D eigenvalue weighted by Crippen LogP contribution is -2.47. The maximum Gasteiger partial charge on any atom is 0.328 e. The average Bonchev–Trinajstić information content (AvgIpc) is 3.05. The molecule has 0 aromatic heterocycles. The van der Waals surface area contributed by atoms with E-state index in [4.69, 9.17) is 14.9 Å². The molecule has 0 radical (unpaired) electrons. The number of rotatable bonds is 31. The Morgan fingerprint density at radius 1 is 0.660 bits per heavy atom. The number of allylic oxidation sites excluding steroid dienone is 8. The van der Waals surface area contributed by atoms with Gasteiger partial charge in [-0.25, -0.2) is 4.79 Å². The van der Waals surface area contributed by atoms with Gasteiger partial charge in [0.1, 0.15) is 12.1 Å². The van der Waals surface area contributed by atoms with E-state index in [9.17, 15) is 19.2 Å². The number of hydrogen-bond acceptors (Lipinski definition) is 6. The van der Waals surface area contributed by atoms with Crippen molar-refractivity contribution in [1.29, 1.82) is 0 Å². The maximum absolute atomic E-state index is 12.5. The Morgan fingerprint density at radius 3 is 1.83 bits per heavy atom. The van der Waals surface area contributed by atoms with Crippen LogP contribution in [0, 0.1) is 0 Å². The number of amides is 2. The summed E-state index contributed by atoms with van der Waals surface area (Å²) in [6.45, 7) is 3.20. The summed E-state index contributed by atoms with van der Waals surface area (Å²) >= 11 is 0. The minimum absolute atomic E-state index is 0.0907. The fourth-order valence-corrected chi connectivity index (χ4v) is 4.81. The number of aliphatic hydroxyl groups is 1. The van der Waals surface area contributed by atoms with E-state index in [1.165, 1.54) is 19.3 Å². The lowest BCUT2D eigenvalue weighted by atomic mass is 10.0. The highest BCUT2D eigenvalue weighted by Gasteiger charge is 2.19. The Labute approximate surface area is 284 Å². The Balaban J connectivity index is 3.91. The van der Waals surface area contributed by atoms with E-state index in [1.54, 1.807) is 0 Å². The van der Waals surface area contributed by atoms with E-state index >= 15 is 0 Å². The van der Waals surface area contributed by atoms with Crippen molar-refractivity contribution in [1.82, 2.24) is 10.6 Å². The maximum atomic E-state index is 12.5. The number of carbonyl (C=O) groups is 4. The van der Waals surface area contributed by atoms with Crippen molar-refractivity contribution >= 4 is 23.8 Å². The zero-order valence-corrected chi connectivity index (χ0v) is 29.3. The van der Waals surface area contributed by atoms with Crippen LogP contribution in [0.3, 0.4) is 0 Å². The second-order valence-corrected chi connectivity index (χ2v) is 11.9. The number of carboxylic acids is 1. The number of carbonyl (C=O) groups excluding carboxylic acids is 3. The van der Waals surface area contributed by atoms with Crippen molar-refractivity contribution in [2.75, 3.05) is 13.2 Å². The number of ether oxygens (including phenoxy) is 1. The van der Waals surface area contributed by atoms with Crippen LogP contribution in [0.2, 0.25) is 0 Å². The highest BCUT2D eigenvalue weighted by molar-refractivity contribution is 5.87. The number of aliphatic hydroxyl groups excluding tert-OH is 1. The van der Waals surface area contributed by atoms with Gasteiger partial charge in [0.2, 0.25) is 11.8 Å². The predicted octanol–water partition coefficient (Wildman–Crippen LogP) is 7.64. The molecule has 0 heterocycles. The minimum atomic E-state index is -1.39. The average molecular weight is 661 g/mol. The molecule has 0 rings (SSSR count). The number of esters is 1. The van der Waals surface area contributed by atoms with Gasteiger partial charge in [-0.15, -0.1) is 0 Å². The number of hydrogen-bond donors (Lipinski definition) is 4. The van der Waals surface area contributed by atoms with E-state index < -0.39 is 24.5 Å². The Bertz CT molecular complexity index is 942. The summed E-state index contributed by atoms with van der Waals surface area (Å²) in [5, 5.41) is 22.4. The largest absolute Gasteiger partial charge is 0.480 e. The molecule has 0 saturated heterocycles. The third kappa shape index (κ3) is 29.9. The summed E-state index contributed by atoms with van der Waals surface area (Å²) in [6.07, 6.45) is 36.2. The van der Waals surface area contributed by atoms with Gasteiger partial charge in [-0.3, -0.25) is 14.4 Å². The molecular formula is C38H64N2O7. The molecule has 0 spiro atoms. The van der Waals surface area contributed by atoms with E-state index in [1.807, 2.05) is 0 Å². The van der Waals surface area contributed by atoms with Crippen LogP contribution in [-0.2, 0) is 23.9 Å². The van der Waals surface area contributed by atoms with Gasteiger partial charge in [0.15, 0.2) is 0 Å². The fraction of sp³-hybridized carbons (Fsp3) is 0.684. The molecule has 47 heavy (non-hydrogen) atoms. The van der Waals surface area contributed by atoms with E-state index in [2.05, 4.69) is 73.1 Å². The Hall–Kier alpha value is -3.20. The summed E-state index contributed by atoms with van der Waals surface area (Å²) in [4.78, 5) is 47.0. The number of carboxylic acid groups (broad SMARTS) is 1. The van der Waals surface area contributed by atoms with Crippen LogP contribution in [0.15, 0.2) is 48.6 Å². The van der Waals surface area contributed by atoms with Gasteiger partial charge in [0.25, 0.3) is 0 Å². The fourth-order valence-electron chi connectivity index (χ4n) is 4.81. The van der Waals surface area contributed by atoms with Crippen LogP contribution in [0.1, 0.15) is 142 Å². The second-order valence-electron chi connectivity index (χ2n) is 11.9. The molecule has 2 amide bonds. The normalized spacial score (nSPS) is 13.1. The Kier molecular flexibility index (Phi) is 30.5. The molecular weight excluding hydrogens is 596 g/mol. The van der Waals surface area contributed by atoms with Gasteiger partial charge >= 0.3 is 11.9 Å². The third-order valence-electron chi connectivity index (χ3n) is 7.59. The van der Waals surface area contributed by atoms with E-state index in [-0.39, 0.29) is 30.9 Å². The van der Waals surface area contributed by atoms with Crippen LogP contribution < -0.4 is 10.6 Å². The predicted molar refractivity (Wildman–Crippen MR) is 190 cm³/mol. The van der Waals surface area contributed by atoms with Crippen molar-refractivity contribution in [3.8, 4) is 0 Å². The third-order valence-corrected chi connectivity index (χ3v) is 7.59. The van der Waals surface area contributed by atoms with Crippen molar-refractivity contribution in [2.24, 2.45) is 0 Å². The lowest BCUT2D eigenvalue weighted by molar-refractivity contribution is -0.150. The molecule has 4 N–H and O–H groups in total.